The number of hydrogen-bond acceptors (Lipinski definition) is 4. The summed E-state index contributed by atoms with van der Waals surface area (Å²) in [6, 6.07) is 8.06. The maximum atomic E-state index is 5.96. The number of aromatic nitrogens is 2. The fourth-order valence-electron chi connectivity index (χ4n) is 1.79. The maximum Gasteiger partial charge on any atom is 0.156 e. The van der Waals surface area contributed by atoms with Gasteiger partial charge >= 0.3 is 0 Å². The first-order chi connectivity index (χ1) is 9.00. The van der Waals surface area contributed by atoms with Gasteiger partial charge in [0.1, 0.15) is 0 Å². The summed E-state index contributed by atoms with van der Waals surface area (Å²) in [5.41, 5.74) is 4.04. The Morgan fingerprint density at radius 2 is 1.74 bits per heavy atom. The van der Waals surface area contributed by atoms with Gasteiger partial charge in [0.05, 0.1) is 11.4 Å². The number of nitrogens with zero attached hydrogens (tertiary/aromatic N) is 3. The molecule has 1 N–H and O–H groups in total. The van der Waals surface area contributed by atoms with Gasteiger partial charge in [-0.05, 0) is 37.1 Å². The van der Waals surface area contributed by atoms with Crippen LogP contribution >= 0.6 is 11.6 Å². The second-order valence-electron chi connectivity index (χ2n) is 4.63. The Morgan fingerprint density at radius 3 is 2.42 bits per heavy atom. The predicted octanol–water partition coefficient (Wildman–Crippen LogP) is 3.56. The van der Waals surface area contributed by atoms with Crippen LogP contribution in [0.2, 0.25) is 5.15 Å². The van der Waals surface area contributed by atoms with Crippen molar-refractivity contribution in [3.8, 4) is 0 Å². The minimum absolute atomic E-state index is 0.448. The Hall–Kier alpha value is -1.81. The minimum Gasteiger partial charge on any atom is -0.376 e. The first kappa shape index (κ1) is 13.6. The van der Waals surface area contributed by atoms with Gasteiger partial charge < -0.3 is 10.2 Å². The molecule has 2 aromatic rings. The lowest BCUT2D eigenvalue weighted by Crippen LogP contribution is -2.11. The molecule has 0 aliphatic carbocycles. The quantitative estimate of drug-likeness (QED) is 0.931. The molecular formula is C14H17ClN4. The van der Waals surface area contributed by atoms with E-state index in [1.54, 1.807) is 0 Å². The molecule has 0 bridgehead atoms. The highest BCUT2D eigenvalue weighted by molar-refractivity contribution is 6.30. The normalized spacial score (nSPS) is 10.4. The molecule has 0 atom stereocenters. The van der Waals surface area contributed by atoms with Crippen LogP contribution < -0.4 is 10.2 Å². The Kier molecular flexibility index (Phi) is 3.90. The zero-order valence-corrected chi connectivity index (χ0v) is 12.3. The van der Waals surface area contributed by atoms with Gasteiger partial charge in [0, 0.05) is 14.1 Å². The first-order valence-electron chi connectivity index (χ1n) is 6.03. The molecule has 1 aromatic heterocycles. The van der Waals surface area contributed by atoms with Gasteiger partial charge in [0.2, 0.25) is 0 Å². The summed E-state index contributed by atoms with van der Waals surface area (Å²) in [6.07, 6.45) is 0. The number of rotatable bonds is 3. The molecule has 0 amide bonds. The Morgan fingerprint density at radius 1 is 1.05 bits per heavy atom. The van der Waals surface area contributed by atoms with E-state index in [9.17, 15) is 0 Å². The van der Waals surface area contributed by atoms with Gasteiger partial charge in [-0.1, -0.05) is 23.7 Å². The van der Waals surface area contributed by atoms with Crippen LogP contribution in [0.5, 0.6) is 0 Å². The van der Waals surface area contributed by atoms with E-state index in [2.05, 4.69) is 15.5 Å². The van der Waals surface area contributed by atoms with Crippen molar-refractivity contribution in [2.75, 3.05) is 24.3 Å². The van der Waals surface area contributed by atoms with E-state index in [4.69, 9.17) is 11.6 Å². The van der Waals surface area contributed by atoms with Crippen LogP contribution in [0.15, 0.2) is 24.3 Å². The molecule has 100 valence electrons. The topological polar surface area (TPSA) is 41.1 Å². The van der Waals surface area contributed by atoms with Crippen molar-refractivity contribution >= 4 is 28.8 Å². The predicted molar refractivity (Wildman–Crippen MR) is 80.6 cm³/mol. The third-order valence-corrected chi connectivity index (χ3v) is 3.46. The average molecular weight is 277 g/mol. The number of para-hydroxylation sites is 2. The van der Waals surface area contributed by atoms with Crippen molar-refractivity contribution in [3.05, 3.63) is 40.5 Å². The Labute approximate surface area is 118 Å². The molecule has 2 rings (SSSR count). The standard InChI is InChI=1S/C14H17ClN4/c1-9-10(2)14(18-17-13(9)15)16-11-7-5-6-8-12(11)19(3)4/h5-8H,1-4H3,(H,16,18). The van der Waals surface area contributed by atoms with E-state index in [-0.39, 0.29) is 0 Å². The number of anilines is 3. The average Bonchev–Trinajstić information content (AvgIpc) is 2.40. The summed E-state index contributed by atoms with van der Waals surface area (Å²) in [5, 5.41) is 11.8. The zero-order valence-electron chi connectivity index (χ0n) is 11.5. The molecule has 0 unspecified atom stereocenters. The summed E-state index contributed by atoms with van der Waals surface area (Å²) in [4.78, 5) is 2.05. The second kappa shape index (κ2) is 5.45. The lowest BCUT2D eigenvalue weighted by atomic mass is 10.2. The van der Waals surface area contributed by atoms with Gasteiger partial charge in [-0.2, -0.15) is 0 Å². The molecule has 0 aliphatic rings. The summed E-state index contributed by atoms with van der Waals surface area (Å²) < 4.78 is 0. The summed E-state index contributed by atoms with van der Waals surface area (Å²) in [7, 11) is 4.01. The zero-order chi connectivity index (χ0) is 14.0. The van der Waals surface area contributed by atoms with Crippen LogP contribution in [0.3, 0.4) is 0 Å². The highest BCUT2D eigenvalue weighted by Crippen LogP contribution is 2.29. The molecule has 4 nitrogen and oxygen atoms in total. The molecule has 1 heterocycles. The summed E-state index contributed by atoms with van der Waals surface area (Å²) >= 11 is 5.96. The molecule has 19 heavy (non-hydrogen) atoms. The molecule has 0 saturated heterocycles. The maximum absolute atomic E-state index is 5.96. The van der Waals surface area contributed by atoms with Crippen molar-refractivity contribution in [2.45, 2.75) is 13.8 Å². The fourth-order valence-corrected chi connectivity index (χ4v) is 1.97. The highest BCUT2D eigenvalue weighted by atomic mass is 35.5. The van der Waals surface area contributed by atoms with Crippen LogP contribution in [-0.4, -0.2) is 24.3 Å². The molecular weight excluding hydrogens is 260 g/mol. The van der Waals surface area contributed by atoms with Gasteiger partial charge in [-0.25, -0.2) is 0 Å². The second-order valence-corrected chi connectivity index (χ2v) is 4.98. The van der Waals surface area contributed by atoms with Gasteiger partial charge in [-0.3, -0.25) is 0 Å². The van der Waals surface area contributed by atoms with E-state index in [1.165, 1.54) is 0 Å². The van der Waals surface area contributed by atoms with Crippen LogP contribution in [0.4, 0.5) is 17.2 Å². The SMILES string of the molecule is Cc1c(Cl)nnc(Nc2ccccc2N(C)C)c1C. The molecule has 0 aliphatic heterocycles. The van der Waals surface area contributed by atoms with Crippen molar-refractivity contribution in [1.29, 1.82) is 0 Å². The van der Waals surface area contributed by atoms with E-state index in [0.29, 0.717) is 5.15 Å². The Balaban J connectivity index is 2.40. The molecule has 0 fully saturated rings. The lowest BCUT2D eigenvalue weighted by molar-refractivity contribution is 1.00. The van der Waals surface area contributed by atoms with Gasteiger partial charge in [0.15, 0.2) is 11.0 Å². The third kappa shape index (κ3) is 2.79. The van der Waals surface area contributed by atoms with Crippen molar-refractivity contribution < 1.29 is 0 Å². The number of benzene rings is 1. The lowest BCUT2D eigenvalue weighted by Gasteiger charge is -2.18. The third-order valence-electron chi connectivity index (χ3n) is 3.10. The first-order valence-corrected chi connectivity index (χ1v) is 6.41. The van der Waals surface area contributed by atoms with E-state index < -0.39 is 0 Å². The van der Waals surface area contributed by atoms with Crippen molar-refractivity contribution in [1.82, 2.24) is 10.2 Å². The fraction of sp³-hybridized carbons (Fsp3) is 0.286. The highest BCUT2D eigenvalue weighted by Gasteiger charge is 2.10. The van der Waals surface area contributed by atoms with Crippen LogP contribution in [-0.2, 0) is 0 Å². The van der Waals surface area contributed by atoms with Gasteiger partial charge in [0.25, 0.3) is 0 Å². The largest absolute Gasteiger partial charge is 0.376 e. The number of hydrogen-bond donors (Lipinski definition) is 1. The number of nitrogens with one attached hydrogen (secondary N) is 1. The Bertz CT molecular complexity index is 596. The minimum atomic E-state index is 0.448. The van der Waals surface area contributed by atoms with E-state index in [1.807, 2.05) is 57.1 Å². The molecule has 1 aromatic carbocycles. The molecule has 0 spiro atoms. The molecule has 5 heteroatoms. The van der Waals surface area contributed by atoms with Crippen molar-refractivity contribution in [2.24, 2.45) is 0 Å². The van der Waals surface area contributed by atoms with Gasteiger partial charge in [-0.15, -0.1) is 10.2 Å². The van der Waals surface area contributed by atoms with E-state index in [0.717, 1.165) is 28.3 Å². The van der Waals surface area contributed by atoms with Crippen LogP contribution in [0.1, 0.15) is 11.1 Å². The van der Waals surface area contributed by atoms with Crippen molar-refractivity contribution in [3.63, 3.8) is 0 Å². The van der Waals surface area contributed by atoms with Crippen LogP contribution in [0.25, 0.3) is 0 Å². The molecule has 0 saturated carbocycles. The van der Waals surface area contributed by atoms with Crippen LogP contribution in [0, 0.1) is 13.8 Å². The van der Waals surface area contributed by atoms with E-state index >= 15 is 0 Å². The molecule has 0 radical (unpaired) electrons. The summed E-state index contributed by atoms with van der Waals surface area (Å²) in [5.74, 6) is 0.733. The smallest absolute Gasteiger partial charge is 0.156 e. The summed E-state index contributed by atoms with van der Waals surface area (Å²) in [6.45, 7) is 3.92. The number of halogens is 1. The monoisotopic (exact) mass is 276 g/mol.